The predicted octanol–water partition coefficient (Wildman–Crippen LogP) is 1.13. The number of thioether (sulfide) groups is 1. The first-order chi connectivity index (χ1) is 11.3. The zero-order valence-corrected chi connectivity index (χ0v) is 13.3. The second-order valence-electron chi connectivity index (χ2n) is 5.52. The second-order valence-corrected chi connectivity index (χ2v) is 6.77. The van der Waals surface area contributed by atoms with Gasteiger partial charge in [0.15, 0.2) is 0 Å². The SMILES string of the molecule is O=C1Nc2ccccc2SC1Cc1nc(N2CCNCC2)no1. The van der Waals surface area contributed by atoms with Crippen molar-refractivity contribution in [2.75, 3.05) is 36.4 Å². The molecular formula is C15H17N5O2S. The molecule has 1 aromatic carbocycles. The number of benzene rings is 1. The maximum atomic E-state index is 12.2. The number of carbonyl (C=O) groups is 1. The van der Waals surface area contributed by atoms with E-state index in [0.717, 1.165) is 36.8 Å². The highest BCUT2D eigenvalue weighted by molar-refractivity contribution is 8.01. The standard InChI is InChI=1S/C15H17N5O2S/c21-14-12(23-11-4-2-1-3-10(11)17-14)9-13-18-15(19-22-13)20-7-5-16-6-8-20/h1-4,12,16H,5-9H2,(H,17,21). The Morgan fingerprint density at radius 3 is 3.00 bits per heavy atom. The van der Waals surface area contributed by atoms with Gasteiger partial charge in [-0.1, -0.05) is 12.1 Å². The highest BCUT2D eigenvalue weighted by Gasteiger charge is 2.29. The Bertz CT molecular complexity index is 713. The fourth-order valence-electron chi connectivity index (χ4n) is 2.71. The van der Waals surface area contributed by atoms with Crippen LogP contribution in [0.3, 0.4) is 0 Å². The number of hydrogen-bond acceptors (Lipinski definition) is 7. The van der Waals surface area contributed by atoms with Crippen molar-refractivity contribution in [2.45, 2.75) is 16.6 Å². The van der Waals surface area contributed by atoms with Gasteiger partial charge >= 0.3 is 0 Å². The van der Waals surface area contributed by atoms with Crippen molar-refractivity contribution in [3.05, 3.63) is 30.2 Å². The molecule has 1 unspecified atom stereocenters. The molecule has 120 valence electrons. The van der Waals surface area contributed by atoms with Crippen molar-refractivity contribution >= 4 is 29.3 Å². The zero-order chi connectivity index (χ0) is 15.6. The van der Waals surface area contributed by atoms with E-state index in [1.165, 1.54) is 0 Å². The highest BCUT2D eigenvalue weighted by Crippen LogP contribution is 2.36. The molecule has 2 aliphatic rings. The van der Waals surface area contributed by atoms with Crippen molar-refractivity contribution in [1.29, 1.82) is 0 Å². The van der Waals surface area contributed by atoms with Gasteiger partial charge in [0.1, 0.15) is 0 Å². The van der Waals surface area contributed by atoms with Crippen LogP contribution in [0.2, 0.25) is 0 Å². The van der Waals surface area contributed by atoms with Gasteiger partial charge in [0.2, 0.25) is 11.8 Å². The van der Waals surface area contributed by atoms with Crippen LogP contribution >= 0.6 is 11.8 Å². The van der Waals surface area contributed by atoms with Crippen LogP contribution in [0.1, 0.15) is 5.89 Å². The topological polar surface area (TPSA) is 83.3 Å². The van der Waals surface area contributed by atoms with E-state index in [1.807, 2.05) is 24.3 Å². The molecule has 2 aliphatic heterocycles. The summed E-state index contributed by atoms with van der Waals surface area (Å²) < 4.78 is 5.34. The smallest absolute Gasteiger partial charge is 0.266 e. The van der Waals surface area contributed by atoms with Gasteiger partial charge in [-0.2, -0.15) is 4.98 Å². The van der Waals surface area contributed by atoms with Crippen molar-refractivity contribution in [1.82, 2.24) is 15.5 Å². The maximum absolute atomic E-state index is 12.2. The number of nitrogens with zero attached hydrogens (tertiary/aromatic N) is 3. The van der Waals surface area contributed by atoms with Crippen LogP contribution in [0.5, 0.6) is 0 Å². The third-order valence-electron chi connectivity index (χ3n) is 3.92. The Kier molecular flexibility index (Phi) is 3.92. The van der Waals surface area contributed by atoms with E-state index in [1.54, 1.807) is 11.8 Å². The first-order valence-electron chi connectivity index (χ1n) is 7.64. The lowest BCUT2D eigenvalue weighted by molar-refractivity contribution is -0.115. The van der Waals surface area contributed by atoms with E-state index in [-0.39, 0.29) is 11.2 Å². The Hall–Kier alpha value is -2.06. The summed E-state index contributed by atoms with van der Waals surface area (Å²) >= 11 is 1.54. The van der Waals surface area contributed by atoms with Crippen molar-refractivity contribution < 1.29 is 9.32 Å². The molecule has 4 rings (SSSR count). The fraction of sp³-hybridized carbons (Fsp3) is 0.400. The monoisotopic (exact) mass is 331 g/mol. The van der Waals surface area contributed by atoms with Crippen molar-refractivity contribution in [3.63, 3.8) is 0 Å². The van der Waals surface area contributed by atoms with E-state index in [0.29, 0.717) is 18.3 Å². The Morgan fingerprint density at radius 2 is 2.13 bits per heavy atom. The molecule has 1 amide bonds. The average Bonchev–Trinajstić information content (AvgIpc) is 3.05. The Labute approximate surface area is 137 Å². The Balaban J connectivity index is 1.46. The summed E-state index contributed by atoms with van der Waals surface area (Å²) in [4.78, 5) is 19.8. The molecule has 0 saturated carbocycles. The van der Waals surface area contributed by atoms with E-state index < -0.39 is 0 Å². The number of hydrogen-bond donors (Lipinski definition) is 2. The molecule has 0 radical (unpaired) electrons. The normalized spacial score (nSPS) is 21.0. The average molecular weight is 331 g/mol. The molecule has 23 heavy (non-hydrogen) atoms. The number of anilines is 2. The van der Waals surface area contributed by atoms with Crippen molar-refractivity contribution in [2.24, 2.45) is 0 Å². The summed E-state index contributed by atoms with van der Waals surface area (Å²) in [5, 5.41) is 10.0. The zero-order valence-electron chi connectivity index (χ0n) is 12.5. The lowest BCUT2D eigenvalue weighted by Crippen LogP contribution is -2.44. The van der Waals surface area contributed by atoms with Gasteiger partial charge in [-0.05, 0) is 17.3 Å². The number of carbonyl (C=O) groups excluding carboxylic acids is 1. The molecule has 0 bridgehead atoms. The minimum Gasteiger partial charge on any atom is -0.337 e. The molecule has 3 heterocycles. The van der Waals surface area contributed by atoms with Crippen LogP contribution in [0.15, 0.2) is 33.7 Å². The fourth-order valence-corrected chi connectivity index (χ4v) is 3.81. The summed E-state index contributed by atoms with van der Waals surface area (Å²) in [6.07, 6.45) is 0.434. The van der Waals surface area contributed by atoms with Crippen LogP contribution in [-0.4, -0.2) is 47.5 Å². The van der Waals surface area contributed by atoms with Crippen LogP contribution in [0.25, 0.3) is 0 Å². The molecule has 1 atom stereocenters. The molecule has 8 heteroatoms. The molecule has 0 spiro atoms. The number of para-hydroxylation sites is 1. The largest absolute Gasteiger partial charge is 0.337 e. The number of nitrogens with one attached hydrogen (secondary N) is 2. The third kappa shape index (κ3) is 3.04. The van der Waals surface area contributed by atoms with Crippen molar-refractivity contribution in [3.8, 4) is 0 Å². The summed E-state index contributed by atoms with van der Waals surface area (Å²) in [7, 11) is 0. The number of rotatable bonds is 3. The molecular weight excluding hydrogens is 314 g/mol. The van der Waals surface area contributed by atoms with E-state index in [2.05, 4.69) is 25.7 Å². The molecule has 1 saturated heterocycles. The first kappa shape index (κ1) is 14.5. The summed E-state index contributed by atoms with van der Waals surface area (Å²) in [6, 6.07) is 7.80. The number of aromatic nitrogens is 2. The van der Waals surface area contributed by atoms with Gasteiger partial charge in [0.25, 0.3) is 5.95 Å². The van der Waals surface area contributed by atoms with Crippen LogP contribution in [-0.2, 0) is 11.2 Å². The minimum absolute atomic E-state index is 0.0179. The molecule has 2 aromatic rings. The number of fused-ring (bicyclic) bond motifs is 1. The predicted molar refractivity (Wildman–Crippen MR) is 87.8 cm³/mol. The van der Waals surface area contributed by atoms with Gasteiger partial charge in [0.05, 0.1) is 10.9 Å². The molecule has 1 fully saturated rings. The van der Waals surface area contributed by atoms with Gasteiger partial charge in [0, 0.05) is 37.5 Å². The number of amides is 1. The van der Waals surface area contributed by atoms with Gasteiger partial charge < -0.3 is 20.1 Å². The number of piperazine rings is 1. The lowest BCUT2D eigenvalue weighted by atomic mass is 10.2. The summed E-state index contributed by atoms with van der Waals surface area (Å²) in [6.45, 7) is 3.57. The molecule has 1 aromatic heterocycles. The quantitative estimate of drug-likeness (QED) is 0.872. The first-order valence-corrected chi connectivity index (χ1v) is 8.52. The summed E-state index contributed by atoms with van der Waals surface area (Å²) in [5.74, 6) is 1.10. The van der Waals surface area contributed by atoms with E-state index in [9.17, 15) is 4.79 Å². The second kappa shape index (κ2) is 6.21. The summed E-state index contributed by atoms with van der Waals surface area (Å²) in [5.41, 5.74) is 0.866. The van der Waals surface area contributed by atoms with Gasteiger partial charge in [-0.3, -0.25) is 4.79 Å². The van der Waals surface area contributed by atoms with E-state index in [4.69, 9.17) is 4.52 Å². The molecule has 0 aliphatic carbocycles. The van der Waals surface area contributed by atoms with Gasteiger partial charge in [-0.25, -0.2) is 0 Å². The van der Waals surface area contributed by atoms with Crippen LogP contribution in [0.4, 0.5) is 11.6 Å². The highest BCUT2D eigenvalue weighted by atomic mass is 32.2. The lowest BCUT2D eigenvalue weighted by Gasteiger charge is -2.25. The Morgan fingerprint density at radius 1 is 1.30 bits per heavy atom. The third-order valence-corrected chi connectivity index (χ3v) is 5.20. The van der Waals surface area contributed by atoms with Gasteiger partial charge in [-0.15, -0.1) is 11.8 Å². The molecule has 2 N–H and O–H groups in total. The molecule has 7 nitrogen and oxygen atoms in total. The van der Waals surface area contributed by atoms with E-state index >= 15 is 0 Å². The minimum atomic E-state index is -0.249. The van der Waals surface area contributed by atoms with Crippen LogP contribution < -0.4 is 15.5 Å². The van der Waals surface area contributed by atoms with Crippen LogP contribution in [0, 0.1) is 0 Å². The maximum Gasteiger partial charge on any atom is 0.266 e.